The summed E-state index contributed by atoms with van der Waals surface area (Å²) in [5.74, 6) is 0.481. The fraction of sp³-hybridized carbons (Fsp3) is 0.150. The molecule has 0 spiro atoms. The normalized spacial score (nSPS) is 11.3. The first-order valence-corrected chi connectivity index (χ1v) is 8.57. The third-order valence-electron chi connectivity index (χ3n) is 3.88. The number of ketones is 1. The summed E-state index contributed by atoms with van der Waals surface area (Å²) in [6.45, 7) is 3.68. The maximum absolute atomic E-state index is 11.9. The smallest absolute Gasteiger partial charge is 0.172 e. The Balaban J connectivity index is 1.97. The second-order valence-corrected chi connectivity index (χ2v) is 5.91. The van der Waals surface area contributed by atoms with Crippen LogP contribution in [0.5, 0.6) is 0 Å². The van der Waals surface area contributed by atoms with Gasteiger partial charge in [0.25, 0.3) is 0 Å². The Morgan fingerprint density at radius 1 is 1.26 bits per heavy atom. The number of hydrogen-bond acceptors (Lipinski definition) is 4. The van der Waals surface area contributed by atoms with Gasteiger partial charge in [-0.25, -0.2) is 9.98 Å². The Kier molecular flexibility index (Phi) is 5.51. The molecule has 0 aliphatic rings. The average molecular weight is 360 g/mol. The molecule has 0 amide bonds. The largest absolute Gasteiger partial charge is 0.358 e. The van der Waals surface area contributed by atoms with Crippen LogP contribution in [0.1, 0.15) is 40.8 Å². The molecule has 3 heterocycles. The molecule has 0 saturated heterocycles. The summed E-state index contributed by atoms with van der Waals surface area (Å²) in [6, 6.07) is 10.8. The van der Waals surface area contributed by atoms with E-state index >= 15 is 0 Å². The van der Waals surface area contributed by atoms with Gasteiger partial charge in [-0.3, -0.25) is 15.2 Å². The van der Waals surface area contributed by atoms with Crippen LogP contribution in [0.2, 0.25) is 0 Å². The summed E-state index contributed by atoms with van der Waals surface area (Å²) in [5, 5.41) is 11.5. The van der Waals surface area contributed by atoms with Crippen molar-refractivity contribution in [3.8, 4) is 0 Å². The van der Waals surface area contributed by atoms with Gasteiger partial charge in [0.1, 0.15) is 5.69 Å². The van der Waals surface area contributed by atoms with Crippen LogP contribution in [0.4, 0.5) is 5.69 Å². The number of carbonyl (C=O) groups excluding carboxylic acids is 1. The molecular formula is C20H20N6O. The first kappa shape index (κ1) is 18.2. The van der Waals surface area contributed by atoms with Gasteiger partial charge in [-0.05, 0) is 37.3 Å². The van der Waals surface area contributed by atoms with E-state index in [-0.39, 0.29) is 11.6 Å². The van der Waals surface area contributed by atoms with Crippen LogP contribution < -0.4 is 5.32 Å². The first-order chi connectivity index (χ1) is 13.1. The molecule has 0 aromatic carbocycles. The lowest BCUT2D eigenvalue weighted by atomic mass is 10.1. The van der Waals surface area contributed by atoms with Crippen LogP contribution in [-0.4, -0.2) is 32.4 Å². The Labute approximate surface area is 157 Å². The second-order valence-electron chi connectivity index (χ2n) is 5.91. The third-order valence-corrected chi connectivity index (χ3v) is 3.88. The van der Waals surface area contributed by atoms with Crippen LogP contribution in [0, 0.1) is 12.3 Å². The minimum Gasteiger partial charge on any atom is -0.358 e. The second kappa shape index (κ2) is 8.18. The van der Waals surface area contributed by atoms with E-state index in [0.717, 1.165) is 11.4 Å². The van der Waals surface area contributed by atoms with E-state index in [4.69, 9.17) is 5.41 Å². The van der Waals surface area contributed by atoms with Crippen molar-refractivity contribution < 1.29 is 4.79 Å². The molecular weight excluding hydrogens is 340 g/mol. The molecule has 0 aliphatic carbocycles. The van der Waals surface area contributed by atoms with Crippen molar-refractivity contribution in [2.45, 2.75) is 20.3 Å². The number of hydrogen-bond donors (Lipinski definition) is 3. The zero-order chi connectivity index (χ0) is 19.2. The summed E-state index contributed by atoms with van der Waals surface area (Å²) in [5.41, 5.74) is 3.25. The Bertz CT molecular complexity index is 990. The lowest BCUT2D eigenvalue weighted by Gasteiger charge is -2.09. The highest BCUT2D eigenvalue weighted by atomic mass is 16.1. The van der Waals surface area contributed by atoms with Gasteiger partial charge < -0.3 is 10.3 Å². The highest BCUT2D eigenvalue weighted by Gasteiger charge is 2.13. The summed E-state index contributed by atoms with van der Waals surface area (Å²) in [7, 11) is 0. The van der Waals surface area contributed by atoms with Crippen molar-refractivity contribution in [1.82, 2.24) is 15.0 Å². The van der Waals surface area contributed by atoms with Gasteiger partial charge in [-0.15, -0.1) is 0 Å². The van der Waals surface area contributed by atoms with E-state index in [9.17, 15) is 4.79 Å². The summed E-state index contributed by atoms with van der Waals surface area (Å²) >= 11 is 0. The van der Waals surface area contributed by atoms with Crippen molar-refractivity contribution in [3.05, 3.63) is 77.6 Å². The quantitative estimate of drug-likeness (QED) is 0.367. The lowest BCUT2D eigenvalue weighted by molar-refractivity contribution is 0.0988. The highest BCUT2D eigenvalue weighted by Crippen LogP contribution is 2.12. The number of rotatable bonds is 5. The topological polar surface area (TPSA) is 107 Å². The SMILES string of the molecule is CCC(=O)c1c[nH]c(/C(=N\C(=N)c2cccc(C)n2)Nc2ccncc2)c1. The number of nitrogens with one attached hydrogen (secondary N) is 3. The van der Waals surface area contributed by atoms with Gasteiger partial charge in [0.15, 0.2) is 17.5 Å². The number of carbonyl (C=O) groups is 1. The number of nitrogens with zero attached hydrogens (tertiary/aromatic N) is 3. The molecule has 136 valence electrons. The minimum atomic E-state index is 0.0215. The highest BCUT2D eigenvalue weighted by molar-refractivity contribution is 6.15. The fourth-order valence-corrected chi connectivity index (χ4v) is 2.47. The number of Topliss-reactive ketones (excluding diaryl/α,β-unsaturated/α-hetero) is 1. The third kappa shape index (κ3) is 4.52. The molecule has 0 fully saturated rings. The number of aromatic amines is 1. The van der Waals surface area contributed by atoms with Gasteiger partial charge in [0, 0.05) is 42.0 Å². The van der Waals surface area contributed by atoms with Gasteiger partial charge >= 0.3 is 0 Å². The van der Waals surface area contributed by atoms with Crippen LogP contribution in [0.25, 0.3) is 0 Å². The maximum atomic E-state index is 11.9. The summed E-state index contributed by atoms with van der Waals surface area (Å²) in [6.07, 6.45) is 5.40. The standard InChI is InChI=1S/C20H20N6O/c1-3-18(27)14-11-17(23-12-14)20(25-15-7-9-22-10-8-15)26-19(21)16-6-4-5-13(2)24-16/h4-12,23H,3H2,1-2H3,(H2,21,22,25,26). The number of aliphatic imine (C=N–C) groups is 1. The van der Waals surface area contributed by atoms with E-state index in [1.807, 2.05) is 26.0 Å². The maximum Gasteiger partial charge on any atom is 0.172 e. The summed E-state index contributed by atoms with van der Waals surface area (Å²) < 4.78 is 0. The molecule has 0 radical (unpaired) electrons. The number of amidine groups is 2. The lowest BCUT2D eigenvalue weighted by Crippen LogP contribution is -2.17. The van der Waals surface area contributed by atoms with E-state index in [2.05, 4.69) is 25.3 Å². The van der Waals surface area contributed by atoms with Crippen LogP contribution in [0.3, 0.4) is 0 Å². The van der Waals surface area contributed by atoms with E-state index in [1.165, 1.54) is 0 Å². The number of H-pyrrole nitrogens is 1. The predicted molar refractivity (Wildman–Crippen MR) is 106 cm³/mol. The Morgan fingerprint density at radius 2 is 2.04 bits per heavy atom. The average Bonchev–Trinajstić information content (AvgIpc) is 3.18. The summed E-state index contributed by atoms with van der Waals surface area (Å²) in [4.78, 5) is 27.8. The van der Waals surface area contributed by atoms with Crippen LogP contribution >= 0.6 is 0 Å². The van der Waals surface area contributed by atoms with Gasteiger partial charge in [-0.2, -0.15) is 0 Å². The van der Waals surface area contributed by atoms with E-state index in [0.29, 0.717) is 29.2 Å². The Hall–Kier alpha value is -3.61. The van der Waals surface area contributed by atoms with E-state index in [1.54, 1.807) is 42.9 Å². The molecule has 3 rings (SSSR count). The monoisotopic (exact) mass is 360 g/mol. The molecule has 0 atom stereocenters. The van der Waals surface area contributed by atoms with Crippen molar-refractivity contribution in [1.29, 1.82) is 5.41 Å². The molecule has 3 aromatic heterocycles. The van der Waals surface area contributed by atoms with Crippen molar-refractivity contribution >= 4 is 23.1 Å². The number of aryl methyl sites for hydroxylation is 1. The van der Waals surface area contributed by atoms with Crippen LogP contribution in [0.15, 0.2) is 60.0 Å². The molecule has 0 saturated carbocycles. The molecule has 3 N–H and O–H groups in total. The molecule has 0 aliphatic heterocycles. The predicted octanol–water partition coefficient (Wildman–Crippen LogP) is 3.59. The van der Waals surface area contributed by atoms with Crippen molar-refractivity contribution in [2.24, 2.45) is 4.99 Å². The minimum absolute atomic E-state index is 0.0215. The van der Waals surface area contributed by atoms with Gasteiger partial charge in [0.2, 0.25) is 0 Å². The fourth-order valence-electron chi connectivity index (χ4n) is 2.47. The van der Waals surface area contributed by atoms with Crippen molar-refractivity contribution in [2.75, 3.05) is 5.32 Å². The molecule has 0 unspecified atom stereocenters. The van der Waals surface area contributed by atoms with Crippen LogP contribution in [-0.2, 0) is 0 Å². The van der Waals surface area contributed by atoms with Gasteiger partial charge in [0.05, 0.1) is 5.69 Å². The zero-order valence-electron chi connectivity index (χ0n) is 15.2. The Morgan fingerprint density at radius 3 is 2.74 bits per heavy atom. The number of pyridine rings is 2. The van der Waals surface area contributed by atoms with Crippen molar-refractivity contribution in [3.63, 3.8) is 0 Å². The molecule has 7 nitrogen and oxygen atoms in total. The molecule has 7 heteroatoms. The number of anilines is 1. The zero-order valence-corrected chi connectivity index (χ0v) is 15.2. The molecule has 0 bridgehead atoms. The number of aromatic nitrogens is 3. The molecule has 27 heavy (non-hydrogen) atoms. The first-order valence-electron chi connectivity index (χ1n) is 8.57. The van der Waals surface area contributed by atoms with E-state index < -0.39 is 0 Å². The van der Waals surface area contributed by atoms with Gasteiger partial charge in [-0.1, -0.05) is 13.0 Å². The molecule has 3 aromatic rings.